The van der Waals surface area contributed by atoms with Crippen molar-refractivity contribution in [1.29, 1.82) is 0 Å². The second-order valence-corrected chi connectivity index (χ2v) is 5.35. The maximum atomic E-state index is 12.9. The quantitative estimate of drug-likeness (QED) is 0.850. The van der Waals surface area contributed by atoms with E-state index in [1.54, 1.807) is 12.1 Å². The summed E-state index contributed by atoms with van der Waals surface area (Å²) in [5.74, 6) is 0.329. The van der Waals surface area contributed by atoms with E-state index < -0.39 is 0 Å². The highest BCUT2D eigenvalue weighted by molar-refractivity contribution is 5.22. The highest BCUT2D eigenvalue weighted by Crippen LogP contribution is 2.14. The number of hydrogen-bond acceptors (Lipinski definition) is 2. The molecule has 0 aliphatic rings. The molecule has 1 aromatic carbocycles. The molecule has 1 N–H and O–H groups in total. The highest BCUT2D eigenvalue weighted by Gasteiger charge is 2.10. The van der Waals surface area contributed by atoms with Gasteiger partial charge in [0, 0.05) is 11.6 Å². The van der Waals surface area contributed by atoms with Crippen molar-refractivity contribution in [3.05, 3.63) is 30.1 Å². The van der Waals surface area contributed by atoms with Crippen LogP contribution in [0.15, 0.2) is 24.3 Å². The Hall–Kier alpha value is -1.09. The van der Waals surface area contributed by atoms with Crippen molar-refractivity contribution < 1.29 is 9.13 Å². The Bertz CT molecular complexity index is 346. The fourth-order valence-corrected chi connectivity index (χ4v) is 1.48. The van der Waals surface area contributed by atoms with Crippen LogP contribution in [0, 0.1) is 5.82 Å². The summed E-state index contributed by atoms with van der Waals surface area (Å²) < 4.78 is 18.6. The molecule has 0 spiro atoms. The Balaban J connectivity index is 2.32. The van der Waals surface area contributed by atoms with E-state index in [0.29, 0.717) is 5.75 Å². The van der Waals surface area contributed by atoms with Gasteiger partial charge in [-0.05, 0) is 52.8 Å². The van der Waals surface area contributed by atoms with Gasteiger partial charge in [-0.15, -0.1) is 0 Å². The van der Waals surface area contributed by atoms with E-state index in [-0.39, 0.29) is 17.5 Å². The maximum absolute atomic E-state index is 12.9. The normalized spacial score (nSPS) is 13.5. The van der Waals surface area contributed by atoms with Crippen LogP contribution in [0.5, 0.6) is 5.75 Å². The van der Waals surface area contributed by atoms with Crippen molar-refractivity contribution in [2.24, 2.45) is 0 Å². The Kier molecular flexibility index (Phi) is 4.94. The molecule has 0 heterocycles. The second-order valence-electron chi connectivity index (χ2n) is 5.35. The summed E-state index contributed by atoms with van der Waals surface area (Å²) in [4.78, 5) is 0. The lowest BCUT2D eigenvalue weighted by Gasteiger charge is -2.22. The summed E-state index contributed by atoms with van der Waals surface area (Å²) >= 11 is 0. The van der Waals surface area contributed by atoms with Gasteiger partial charge in [0.05, 0.1) is 6.10 Å². The average molecular weight is 239 g/mol. The fraction of sp³-hybridized carbons (Fsp3) is 0.571. The number of ether oxygens (including phenoxy) is 1. The Morgan fingerprint density at radius 1 is 1.35 bits per heavy atom. The van der Waals surface area contributed by atoms with Gasteiger partial charge in [-0.3, -0.25) is 0 Å². The van der Waals surface area contributed by atoms with Crippen molar-refractivity contribution in [3.8, 4) is 5.75 Å². The largest absolute Gasteiger partial charge is 0.491 e. The van der Waals surface area contributed by atoms with Gasteiger partial charge in [0.2, 0.25) is 0 Å². The van der Waals surface area contributed by atoms with E-state index in [1.807, 2.05) is 6.92 Å². The predicted octanol–water partition coefficient (Wildman–Crippen LogP) is 3.37. The van der Waals surface area contributed by atoms with Gasteiger partial charge >= 0.3 is 0 Å². The molecule has 2 nitrogen and oxygen atoms in total. The van der Waals surface area contributed by atoms with Crippen molar-refractivity contribution >= 4 is 0 Å². The van der Waals surface area contributed by atoms with Crippen molar-refractivity contribution in [1.82, 2.24) is 5.32 Å². The molecular formula is C14H22FNO. The minimum absolute atomic E-state index is 0.0756. The van der Waals surface area contributed by atoms with Crippen LogP contribution in [0.4, 0.5) is 4.39 Å². The second kappa shape index (κ2) is 6.01. The van der Waals surface area contributed by atoms with E-state index in [9.17, 15) is 4.39 Å². The molecule has 1 unspecified atom stereocenters. The monoisotopic (exact) mass is 239 g/mol. The number of hydrogen-bond donors (Lipinski definition) is 1. The van der Waals surface area contributed by atoms with Crippen LogP contribution in [0.2, 0.25) is 0 Å². The van der Waals surface area contributed by atoms with Crippen LogP contribution in [-0.2, 0) is 0 Å². The van der Waals surface area contributed by atoms with Crippen molar-refractivity contribution in [3.63, 3.8) is 0 Å². The molecule has 0 saturated heterocycles. The first-order valence-electron chi connectivity index (χ1n) is 6.04. The predicted molar refractivity (Wildman–Crippen MR) is 68.9 cm³/mol. The topological polar surface area (TPSA) is 21.3 Å². The zero-order chi connectivity index (χ0) is 12.9. The standard InChI is InChI=1S/C14H22FNO/c1-11(8-9-16-14(2,3)4)17-13-7-5-6-12(15)10-13/h5-7,10-11,16H,8-9H2,1-4H3. The molecule has 3 heteroatoms. The van der Waals surface area contributed by atoms with Gasteiger partial charge in [0.25, 0.3) is 0 Å². The summed E-state index contributed by atoms with van der Waals surface area (Å²) in [5.41, 5.74) is 0.124. The van der Waals surface area contributed by atoms with Gasteiger partial charge in [-0.2, -0.15) is 0 Å². The Morgan fingerprint density at radius 3 is 2.65 bits per heavy atom. The van der Waals surface area contributed by atoms with Crippen LogP contribution in [0.25, 0.3) is 0 Å². The van der Waals surface area contributed by atoms with E-state index in [1.165, 1.54) is 12.1 Å². The molecule has 1 atom stereocenters. The Morgan fingerprint density at radius 2 is 2.06 bits per heavy atom. The van der Waals surface area contributed by atoms with Crippen LogP contribution < -0.4 is 10.1 Å². The molecule has 0 radical (unpaired) electrons. The third-order valence-corrected chi connectivity index (χ3v) is 2.34. The van der Waals surface area contributed by atoms with Gasteiger partial charge in [0.1, 0.15) is 11.6 Å². The van der Waals surface area contributed by atoms with Crippen molar-refractivity contribution in [2.75, 3.05) is 6.54 Å². The zero-order valence-corrected chi connectivity index (χ0v) is 11.1. The van der Waals surface area contributed by atoms with Crippen LogP contribution in [0.1, 0.15) is 34.1 Å². The number of nitrogens with one attached hydrogen (secondary N) is 1. The average Bonchev–Trinajstić information content (AvgIpc) is 2.15. The summed E-state index contributed by atoms with van der Waals surface area (Å²) in [6.45, 7) is 9.27. The molecule has 1 rings (SSSR count). The summed E-state index contributed by atoms with van der Waals surface area (Å²) in [7, 11) is 0. The molecule has 17 heavy (non-hydrogen) atoms. The van der Waals surface area contributed by atoms with Gasteiger partial charge in [-0.1, -0.05) is 6.07 Å². The van der Waals surface area contributed by atoms with E-state index in [4.69, 9.17) is 4.74 Å². The van der Waals surface area contributed by atoms with Crippen LogP contribution in [-0.4, -0.2) is 18.2 Å². The minimum Gasteiger partial charge on any atom is -0.491 e. The lowest BCUT2D eigenvalue weighted by Crippen LogP contribution is -2.37. The third-order valence-electron chi connectivity index (χ3n) is 2.34. The highest BCUT2D eigenvalue weighted by atomic mass is 19.1. The molecule has 0 aliphatic carbocycles. The Labute approximate surface area is 103 Å². The molecule has 1 aromatic rings. The summed E-state index contributed by atoms with van der Waals surface area (Å²) in [5, 5.41) is 3.40. The van der Waals surface area contributed by atoms with Crippen LogP contribution >= 0.6 is 0 Å². The molecule has 0 fully saturated rings. The van der Waals surface area contributed by atoms with Crippen molar-refractivity contribution in [2.45, 2.75) is 45.8 Å². The first-order valence-corrected chi connectivity index (χ1v) is 6.04. The molecule has 0 amide bonds. The fourth-order valence-electron chi connectivity index (χ4n) is 1.48. The molecule has 0 bridgehead atoms. The SMILES string of the molecule is CC(CCNC(C)(C)C)Oc1cccc(F)c1. The number of benzene rings is 1. The van der Waals surface area contributed by atoms with Gasteiger partial charge < -0.3 is 10.1 Å². The lowest BCUT2D eigenvalue weighted by molar-refractivity contribution is 0.204. The first kappa shape index (κ1) is 14.0. The smallest absolute Gasteiger partial charge is 0.126 e. The molecule has 0 aliphatic heterocycles. The van der Waals surface area contributed by atoms with Gasteiger partial charge in [0.15, 0.2) is 0 Å². The summed E-state index contributed by atoms with van der Waals surface area (Å²) in [6.07, 6.45) is 0.972. The molecule has 96 valence electrons. The van der Waals surface area contributed by atoms with E-state index >= 15 is 0 Å². The maximum Gasteiger partial charge on any atom is 0.126 e. The molecule has 0 saturated carbocycles. The van der Waals surface area contributed by atoms with E-state index in [2.05, 4.69) is 26.1 Å². The van der Waals surface area contributed by atoms with E-state index in [0.717, 1.165) is 13.0 Å². The minimum atomic E-state index is -0.262. The summed E-state index contributed by atoms with van der Waals surface area (Å²) in [6, 6.07) is 6.26. The first-order chi connectivity index (χ1) is 7.87. The van der Waals surface area contributed by atoms with Gasteiger partial charge in [-0.25, -0.2) is 4.39 Å². The van der Waals surface area contributed by atoms with Crippen LogP contribution in [0.3, 0.4) is 0 Å². The number of halogens is 1. The third kappa shape index (κ3) is 6.27. The zero-order valence-electron chi connectivity index (χ0n) is 11.1. The lowest BCUT2D eigenvalue weighted by atomic mass is 10.1. The number of rotatable bonds is 5. The molecular weight excluding hydrogens is 217 g/mol. The molecule has 0 aromatic heterocycles.